The molecular formula is C14H21NO2. The van der Waals surface area contributed by atoms with Gasteiger partial charge in [-0.15, -0.1) is 0 Å². The van der Waals surface area contributed by atoms with Crippen molar-refractivity contribution in [2.75, 3.05) is 14.2 Å². The molecule has 0 heterocycles. The first kappa shape index (κ1) is 12.4. The molecule has 1 aromatic carbocycles. The standard InChI is InChI=1S/C14H21NO2/c1-15-13-8-3-4-9-14(13,16)11-6-5-7-12(10-11)17-2/h5-7,10,13,15-16H,3-4,8-9H2,1-2H3/t13-,14-/m1/s1. The molecule has 1 saturated carbocycles. The Labute approximate surface area is 103 Å². The number of hydrogen-bond donors (Lipinski definition) is 2. The lowest BCUT2D eigenvalue weighted by Gasteiger charge is -2.40. The Bertz CT molecular complexity index is 380. The van der Waals surface area contributed by atoms with Crippen LogP contribution in [0.4, 0.5) is 0 Å². The fourth-order valence-corrected chi connectivity index (χ4v) is 2.78. The molecule has 1 aromatic rings. The Morgan fingerprint density at radius 3 is 2.94 bits per heavy atom. The summed E-state index contributed by atoms with van der Waals surface area (Å²) in [6, 6.07) is 7.90. The first-order valence-corrected chi connectivity index (χ1v) is 6.25. The SMILES string of the molecule is CN[C@@H]1CCCC[C@@]1(O)c1cccc(OC)c1. The summed E-state index contributed by atoms with van der Waals surface area (Å²) in [7, 11) is 3.57. The van der Waals surface area contributed by atoms with Crippen LogP contribution in [0.3, 0.4) is 0 Å². The van der Waals surface area contributed by atoms with Crippen LogP contribution >= 0.6 is 0 Å². The van der Waals surface area contributed by atoms with Crippen LogP contribution in [0.1, 0.15) is 31.2 Å². The Morgan fingerprint density at radius 2 is 2.24 bits per heavy atom. The third-order valence-corrected chi connectivity index (χ3v) is 3.80. The fraction of sp³-hybridized carbons (Fsp3) is 0.571. The van der Waals surface area contributed by atoms with Crippen LogP contribution in [0.25, 0.3) is 0 Å². The third kappa shape index (κ3) is 2.31. The summed E-state index contributed by atoms with van der Waals surface area (Å²) < 4.78 is 5.23. The van der Waals surface area contributed by atoms with Gasteiger partial charge in [-0.1, -0.05) is 25.0 Å². The van der Waals surface area contributed by atoms with Gasteiger partial charge in [0, 0.05) is 6.04 Å². The van der Waals surface area contributed by atoms with Crippen LogP contribution in [0, 0.1) is 0 Å². The number of nitrogens with one attached hydrogen (secondary N) is 1. The molecule has 3 heteroatoms. The van der Waals surface area contributed by atoms with E-state index in [-0.39, 0.29) is 6.04 Å². The minimum atomic E-state index is -0.762. The van der Waals surface area contributed by atoms with E-state index in [9.17, 15) is 5.11 Å². The van der Waals surface area contributed by atoms with Crippen molar-refractivity contribution < 1.29 is 9.84 Å². The minimum Gasteiger partial charge on any atom is -0.497 e. The minimum absolute atomic E-state index is 0.128. The predicted octanol–water partition coefficient (Wildman–Crippen LogP) is 2.04. The summed E-state index contributed by atoms with van der Waals surface area (Å²) in [5.74, 6) is 0.802. The largest absolute Gasteiger partial charge is 0.497 e. The summed E-state index contributed by atoms with van der Waals surface area (Å²) in [5, 5.41) is 14.1. The Kier molecular flexibility index (Phi) is 3.69. The summed E-state index contributed by atoms with van der Waals surface area (Å²) in [5.41, 5.74) is 0.192. The highest BCUT2D eigenvalue weighted by Crippen LogP contribution is 2.38. The Morgan fingerprint density at radius 1 is 1.41 bits per heavy atom. The van der Waals surface area contributed by atoms with Crippen molar-refractivity contribution in [3.05, 3.63) is 29.8 Å². The van der Waals surface area contributed by atoms with Crippen LogP contribution in [0.5, 0.6) is 5.75 Å². The highest BCUT2D eigenvalue weighted by atomic mass is 16.5. The topological polar surface area (TPSA) is 41.5 Å². The first-order chi connectivity index (χ1) is 8.20. The van der Waals surface area contributed by atoms with E-state index in [1.165, 1.54) is 6.42 Å². The zero-order valence-corrected chi connectivity index (χ0v) is 10.6. The molecule has 2 N–H and O–H groups in total. The Balaban J connectivity index is 2.33. The van der Waals surface area contributed by atoms with Gasteiger partial charge in [0.05, 0.1) is 7.11 Å². The number of benzene rings is 1. The van der Waals surface area contributed by atoms with Gasteiger partial charge in [-0.2, -0.15) is 0 Å². The maximum absolute atomic E-state index is 10.9. The second-order valence-corrected chi connectivity index (χ2v) is 4.74. The van der Waals surface area contributed by atoms with Crippen molar-refractivity contribution in [1.82, 2.24) is 5.32 Å². The quantitative estimate of drug-likeness (QED) is 0.842. The molecule has 0 bridgehead atoms. The molecule has 0 amide bonds. The zero-order valence-electron chi connectivity index (χ0n) is 10.6. The molecule has 0 aliphatic heterocycles. The molecule has 1 aliphatic rings. The third-order valence-electron chi connectivity index (χ3n) is 3.80. The lowest BCUT2D eigenvalue weighted by molar-refractivity contribution is -0.0300. The number of ether oxygens (including phenoxy) is 1. The van der Waals surface area contributed by atoms with Gasteiger partial charge in [0.15, 0.2) is 0 Å². The van der Waals surface area contributed by atoms with Crippen LogP contribution in [-0.4, -0.2) is 25.3 Å². The average Bonchev–Trinajstić information content (AvgIpc) is 2.39. The van der Waals surface area contributed by atoms with Crippen molar-refractivity contribution in [3.8, 4) is 5.75 Å². The summed E-state index contributed by atoms with van der Waals surface area (Å²) in [6.45, 7) is 0. The normalized spacial score (nSPS) is 29.0. The highest BCUT2D eigenvalue weighted by Gasteiger charge is 2.39. The van der Waals surface area contributed by atoms with E-state index < -0.39 is 5.60 Å². The van der Waals surface area contributed by atoms with Crippen molar-refractivity contribution in [3.63, 3.8) is 0 Å². The summed E-state index contributed by atoms with van der Waals surface area (Å²) in [4.78, 5) is 0. The van der Waals surface area contributed by atoms with E-state index in [4.69, 9.17) is 4.74 Å². The van der Waals surface area contributed by atoms with Crippen LogP contribution in [0.15, 0.2) is 24.3 Å². The highest BCUT2D eigenvalue weighted by molar-refractivity contribution is 5.33. The molecule has 1 fully saturated rings. The molecule has 1 aliphatic carbocycles. The van der Waals surface area contributed by atoms with Crippen LogP contribution in [0.2, 0.25) is 0 Å². The van der Waals surface area contributed by atoms with Crippen molar-refractivity contribution in [2.24, 2.45) is 0 Å². The molecule has 94 valence electrons. The van der Waals surface area contributed by atoms with E-state index >= 15 is 0 Å². The smallest absolute Gasteiger partial charge is 0.119 e. The second kappa shape index (κ2) is 5.07. The summed E-state index contributed by atoms with van der Waals surface area (Å²) in [6.07, 6.45) is 4.08. The first-order valence-electron chi connectivity index (χ1n) is 6.25. The predicted molar refractivity (Wildman–Crippen MR) is 68.2 cm³/mol. The molecule has 0 radical (unpaired) electrons. The maximum atomic E-state index is 10.9. The van der Waals surface area contributed by atoms with E-state index in [1.54, 1.807) is 7.11 Å². The van der Waals surface area contributed by atoms with E-state index in [0.29, 0.717) is 0 Å². The van der Waals surface area contributed by atoms with Crippen LogP contribution in [-0.2, 0) is 5.60 Å². The van der Waals surface area contributed by atoms with Crippen molar-refractivity contribution in [1.29, 1.82) is 0 Å². The maximum Gasteiger partial charge on any atom is 0.119 e. The number of rotatable bonds is 3. The van der Waals surface area contributed by atoms with E-state index in [0.717, 1.165) is 30.6 Å². The molecule has 0 saturated heterocycles. The van der Waals surface area contributed by atoms with E-state index in [1.807, 2.05) is 31.3 Å². The van der Waals surface area contributed by atoms with Crippen molar-refractivity contribution >= 4 is 0 Å². The number of hydrogen-bond acceptors (Lipinski definition) is 3. The van der Waals surface area contributed by atoms with Gasteiger partial charge < -0.3 is 15.2 Å². The number of methoxy groups -OCH3 is 1. The van der Waals surface area contributed by atoms with Gasteiger partial charge in [-0.3, -0.25) is 0 Å². The van der Waals surface area contributed by atoms with Gasteiger partial charge in [-0.25, -0.2) is 0 Å². The molecular weight excluding hydrogens is 214 g/mol. The monoisotopic (exact) mass is 235 g/mol. The van der Waals surface area contributed by atoms with Crippen LogP contribution < -0.4 is 10.1 Å². The van der Waals surface area contributed by atoms with Crippen molar-refractivity contribution in [2.45, 2.75) is 37.3 Å². The van der Waals surface area contributed by atoms with Gasteiger partial charge in [0.25, 0.3) is 0 Å². The lowest BCUT2D eigenvalue weighted by Crippen LogP contribution is -2.49. The zero-order chi connectivity index (χ0) is 12.3. The van der Waals surface area contributed by atoms with Gasteiger partial charge in [0.2, 0.25) is 0 Å². The number of aliphatic hydroxyl groups is 1. The molecule has 0 aromatic heterocycles. The van der Waals surface area contributed by atoms with Gasteiger partial charge in [-0.05, 0) is 37.6 Å². The molecule has 2 atom stereocenters. The average molecular weight is 235 g/mol. The second-order valence-electron chi connectivity index (χ2n) is 4.74. The molecule has 0 unspecified atom stereocenters. The molecule has 0 spiro atoms. The number of likely N-dealkylation sites (N-methyl/N-ethyl adjacent to an activating group) is 1. The lowest BCUT2D eigenvalue weighted by atomic mass is 9.76. The van der Waals surface area contributed by atoms with Gasteiger partial charge >= 0.3 is 0 Å². The Hall–Kier alpha value is -1.06. The van der Waals surface area contributed by atoms with Gasteiger partial charge in [0.1, 0.15) is 11.4 Å². The fourth-order valence-electron chi connectivity index (χ4n) is 2.78. The molecule has 3 nitrogen and oxygen atoms in total. The molecule has 2 rings (SSSR count). The summed E-state index contributed by atoms with van der Waals surface area (Å²) >= 11 is 0. The van der Waals surface area contributed by atoms with E-state index in [2.05, 4.69) is 5.32 Å². The molecule has 17 heavy (non-hydrogen) atoms.